The van der Waals surface area contributed by atoms with Crippen molar-refractivity contribution in [1.82, 2.24) is 24.0 Å². The second-order valence-electron chi connectivity index (χ2n) is 11.5. The van der Waals surface area contributed by atoms with Crippen LogP contribution in [-0.4, -0.2) is 89.0 Å². The number of likely N-dealkylation sites (tertiary alicyclic amines) is 2. The van der Waals surface area contributed by atoms with Crippen LogP contribution in [0.25, 0.3) is 10.8 Å². The van der Waals surface area contributed by atoms with Crippen molar-refractivity contribution in [2.45, 2.75) is 63.1 Å². The van der Waals surface area contributed by atoms with Gasteiger partial charge in [0.05, 0.1) is 22.1 Å². The van der Waals surface area contributed by atoms with Crippen LogP contribution in [0.4, 0.5) is 0 Å². The number of thiazole rings is 1. The molecule has 0 spiro atoms. The Morgan fingerprint density at radius 2 is 1.86 bits per heavy atom. The third-order valence-corrected chi connectivity index (χ3v) is 11.6. The predicted molar refractivity (Wildman–Crippen MR) is 168 cm³/mol. The van der Waals surface area contributed by atoms with Gasteiger partial charge in [0.25, 0.3) is 0 Å². The molecule has 0 aliphatic carbocycles. The van der Waals surface area contributed by atoms with Crippen molar-refractivity contribution in [2.24, 2.45) is 0 Å². The Kier molecular flexibility index (Phi) is 8.63. The molecule has 3 aliphatic rings. The molecule has 3 aromatic rings. The van der Waals surface area contributed by atoms with Gasteiger partial charge in [-0.1, -0.05) is 29.8 Å². The summed E-state index contributed by atoms with van der Waals surface area (Å²) in [6.45, 7) is 7.30. The molecule has 12 heteroatoms. The van der Waals surface area contributed by atoms with Gasteiger partial charge in [-0.05, 0) is 87.7 Å². The standard InChI is InChI=1S/C31H36ClN5O4S2/c1-21(30(38)36-14-5-6-27(36)19-34-12-3-4-13-34)35-15-11-29(31(35)39)37(18-26-20-42-22(2)33-26)43(40,41)28-10-8-23-16-25(32)9-7-24(23)17-28/h6-10,16-17,20-21,29H,3-5,11-15,18-19H2,1-2H3/t21-,29-/m0/s1. The van der Waals surface area contributed by atoms with E-state index in [1.807, 2.05) is 17.2 Å². The van der Waals surface area contributed by atoms with Gasteiger partial charge in [0.1, 0.15) is 12.1 Å². The molecule has 2 saturated heterocycles. The molecule has 43 heavy (non-hydrogen) atoms. The lowest BCUT2D eigenvalue weighted by atomic mass is 10.1. The van der Waals surface area contributed by atoms with Crippen LogP contribution < -0.4 is 0 Å². The molecule has 0 N–H and O–H groups in total. The van der Waals surface area contributed by atoms with E-state index in [0.717, 1.165) is 47.5 Å². The second-order valence-corrected chi connectivity index (χ2v) is 14.9. The smallest absolute Gasteiger partial charge is 0.249 e. The minimum Gasteiger partial charge on any atom is -0.329 e. The summed E-state index contributed by atoms with van der Waals surface area (Å²) < 4.78 is 29.7. The summed E-state index contributed by atoms with van der Waals surface area (Å²) in [5, 5.41) is 4.76. The lowest BCUT2D eigenvalue weighted by Crippen LogP contribution is -2.51. The average molecular weight is 642 g/mol. The largest absolute Gasteiger partial charge is 0.329 e. The fourth-order valence-electron chi connectivity index (χ4n) is 6.38. The fraction of sp³-hybridized carbons (Fsp3) is 0.452. The summed E-state index contributed by atoms with van der Waals surface area (Å²) in [7, 11) is -4.11. The lowest BCUT2D eigenvalue weighted by Gasteiger charge is -2.32. The van der Waals surface area contributed by atoms with Gasteiger partial charge in [-0.2, -0.15) is 4.31 Å². The minimum atomic E-state index is -4.11. The van der Waals surface area contributed by atoms with E-state index in [-0.39, 0.29) is 23.3 Å². The first kappa shape index (κ1) is 30.2. The topological polar surface area (TPSA) is 94.1 Å². The third kappa shape index (κ3) is 6.10. The minimum absolute atomic E-state index is 0.0350. The monoisotopic (exact) mass is 641 g/mol. The van der Waals surface area contributed by atoms with Gasteiger partial charge in [-0.25, -0.2) is 13.4 Å². The van der Waals surface area contributed by atoms with Gasteiger partial charge >= 0.3 is 0 Å². The molecule has 2 fully saturated rings. The summed E-state index contributed by atoms with van der Waals surface area (Å²) >= 11 is 7.57. The maximum atomic E-state index is 14.2. The number of carbonyl (C=O) groups excluding carboxylic acids is 2. The van der Waals surface area contributed by atoms with E-state index in [2.05, 4.69) is 16.0 Å². The van der Waals surface area contributed by atoms with Crippen LogP contribution in [0.2, 0.25) is 5.02 Å². The zero-order valence-electron chi connectivity index (χ0n) is 24.4. The zero-order chi connectivity index (χ0) is 30.3. The van der Waals surface area contributed by atoms with Gasteiger partial charge in [-0.3, -0.25) is 14.5 Å². The van der Waals surface area contributed by atoms with Gasteiger partial charge in [0, 0.05) is 35.7 Å². The Bertz CT molecular complexity index is 1680. The van der Waals surface area contributed by atoms with E-state index < -0.39 is 22.1 Å². The molecule has 0 unspecified atom stereocenters. The van der Waals surface area contributed by atoms with Crippen molar-refractivity contribution in [3.63, 3.8) is 0 Å². The predicted octanol–water partition coefficient (Wildman–Crippen LogP) is 4.65. The van der Waals surface area contributed by atoms with Gasteiger partial charge < -0.3 is 9.80 Å². The molecule has 2 aromatic carbocycles. The number of benzene rings is 2. The van der Waals surface area contributed by atoms with E-state index in [1.54, 1.807) is 48.2 Å². The van der Waals surface area contributed by atoms with Crippen molar-refractivity contribution in [3.05, 3.63) is 69.3 Å². The summed E-state index contributed by atoms with van der Waals surface area (Å²) in [6.07, 6.45) is 5.57. The van der Waals surface area contributed by atoms with Crippen molar-refractivity contribution >= 4 is 55.5 Å². The fourth-order valence-corrected chi connectivity index (χ4v) is 8.78. The first-order valence-electron chi connectivity index (χ1n) is 14.8. The van der Waals surface area contributed by atoms with Crippen LogP contribution in [0.15, 0.2) is 58.4 Å². The maximum Gasteiger partial charge on any atom is 0.249 e. The van der Waals surface area contributed by atoms with Crippen LogP contribution >= 0.6 is 22.9 Å². The van der Waals surface area contributed by atoms with Crippen LogP contribution in [0.3, 0.4) is 0 Å². The van der Waals surface area contributed by atoms with E-state index >= 15 is 0 Å². The zero-order valence-corrected chi connectivity index (χ0v) is 26.8. The summed E-state index contributed by atoms with van der Waals surface area (Å²) in [4.78, 5) is 38.0. The van der Waals surface area contributed by atoms with E-state index in [1.165, 1.54) is 28.5 Å². The van der Waals surface area contributed by atoms with Crippen molar-refractivity contribution in [3.8, 4) is 0 Å². The van der Waals surface area contributed by atoms with Gasteiger partial charge in [0.2, 0.25) is 21.8 Å². The molecular formula is C31H36ClN5O4S2. The number of hydrogen-bond acceptors (Lipinski definition) is 7. The van der Waals surface area contributed by atoms with Crippen LogP contribution in [0.5, 0.6) is 0 Å². The molecule has 0 saturated carbocycles. The number of sulfonamides is 1. The summed E-state index contributed by atoms with van der Waals surface area (Å²) in [6, 6.07) is 8.54. The Hall–Kier alpha value is -2.83. The number of fused-ring (bicyclic) bond motifs is 1. The molecular weight excluding hydrogens is 606 g/mol. The normalized spacial score (nSPS) is 20.5. The first-order valence-corrected chi connectivity index (χ1v) is 17.5. The highest BCUT2D eigenvalue weighted by atomic mass is 35.5. The highest BCUT2D eigenvalue weighted by molar-refractivity contribution is 7.89. The summed E-state index contributed by atoms with van der Waals surface area (Å²) in [5.74, 6) is -0.470. The molecule has 0 bridgehead atoms. The molecule has 228 valence electrons. The third-order valence-electron chi connectivity index (χ3n) is 8.68. The molecule has 1 aromatic heterocycles. The maximum absolute atomic E-state index is 14.2. The number of nitrogens with zero attached hydrogens (tertiary/aromatic N) is 5. The van der Waals surface area contributed by atoms with Crippen molar-refractivity contribution < 1.29 is 18.0 Å². The average Bonchev–Trinajstić information content (AvgIpc) is 3.80. The molecule has 0 radical (unpaired) electrons. The Morgan fingerprint density at radius 3 is 2.60 bits per heavy atom. The van der Waals surface area contributed by atoms with E-state index in [9.17, 15) is 18.0 Å². The quantitative estimate of drug-likeness (QED) is 0.338. The number of rotatable bonds is 9. The van der Waals surface area contributed by atoms with Crippen LogP contribution in [0, 0.1) is 6.92 Å². The highest BCUT2D eigenvalue weighted by Crippen LogP contribution is 2.31. The Labute approximate surface area is 261 Å². The molecule has 6 rings (SSSR count). The number of aryl methyl sites for hydroxylation is 1. The Morgan fingerprint density at radius 1 is 1.12 bits per heavy atom. The number of carbonyl (C=O) groups is 2. The van der Waals surface area contributed by atoms with Crippen molar-refractivity contribution in [2.75, 3.05) is 32.7 Å². The molecule has 2 atom stereocenters. The van der Waals surface area contributed by atoms with Crippen LogP contribution in [0.1, 0.15) is 43.3 Å². The van der Waals surface area contributed by atoms with Gasteiger partial charge in [0.15, 0.2) is 0 Å². The molecule has 9 nitrogen and oxygen atoms in total. The van der Waals surface area contributed by atoms with E-state index in [0.29, 0.717) is 30.2 Å². The van der Waals surface area contributed by atoms with E-state index in [4.69, 9.17) is 11.6 Å². The number of aromatic nitrogens is 1. The van der Waals surface area contributed by atoms with Crippen LogP contribution in [-0.2, 0) is 26.2 Å². The van der Waals surface area contributed by atoms with Crippen molar-refractivity contribution in [1.29, 1.82) is 0 Å². The number of hydrogen-bond donors (Lipinski definition) is 0. The number of amides is 2. The molecule has 2 amide bonds. The highest BCUT2D eigenvalue weighted by Gasteiger charge is 2.45. The summed E-state index contributed by atoms with van der Waals surface area (Å²) in [5.41, 5.74) is 1.59. The lowest BCUT2D eigenvalue weighted by molar-refractivity contribution is -0.142. The Balaban J connectivity index is 1.25. The SMILES string of the molecule is Cc1nc(CN([C@H]2CCN([C@@H](C)C(=O)N3CCC=C3CN3CCCC3)C2=O)S(=O)(=O)c2ccc3cc(Cl)ccc3c2)cs1. The number of halogens is 1. The second kappa shape index (κ2) is 12.3. The first-order chi connectivity index (χ1) is 20.6. The van der Waals surface area contributed by atoms with Gasteiger partial charge in [-0.15, -0.1) is 11.3 Å². The molecule has 3 aliphatic heterocycles. The molecule has 4 heterocycles.